The Kier molecular flexibility index (Phi) is 11.5. The summed E-state index contributed by atoms with van der Waals surface area (Å²) in [5.74, 6) is -1.46. The first-order valence-electron chi connectivity index (χ1n) is 13.3. The number of ether oxygens (including phenoxy) is 1. The number of aliphatic carboxylic acids is 1. The standard InChI is InChI=1S/C27H36F3N5O4/c1-2-39-17-16-35(14-4-3-7-20-9-8-19-6-5-12-32-24(19)33-20)15-11-23(26(37)38)34-25(36)21-10-13-31-18-22(21)27(28,29)30/h8-10,13,18,23H,2-7,11-12,14-17H2,1H3,(H,32,33)(H,34,36)(H,37,38)/t23-/m0/s1. The number of nitrogens with zero attached hydrogens (tertiary/aromatic N) is 3. The quantitative estimate of drug-likeness (QED) is 0.287. The maximum Gasteiger partial charge on any atom is 0.418 e. The summed E-state index contributed by atoms with van der Waals surface area (Å²) in [6, 6.07) is 3.76. The third-order valence-corrected chi connectivity index (χ3v) is 6.57. The summed E-state index contributed by atoms with van der Waals surface area (Å²) in [6.45, 7) is 5.40. The number of nitrogens with one attached hydrogen (secondary N) is 2. The molecular weight excluding hydrogens is 515 g/mol. The Morgan fingerprint density at radius 2 is 2.03 bits per heavy atom. The van der Waals surface area contributed by atoms with Crippen LogP contribution in [0.2, 0.25) is 0 Å². The van der Waals surface area contributed by atoms with Crippen LogP contribution in [-0.4, -0.2) is 77.3 Å². The average Bonchev–Trinajstić information content (AvgIpc) is 2.92. The normalized spacial score (nSPS) is 14.0. The van der Waals surface area contributed by atoms with Crippen LogP contribution in [-0.2, 0) is 28.5 Å². The molecule has 0 unspecified atom stereocenters. The fourth-order valence-electron chi connectivity index (χ4n) is 4.45. The minimum atomic E-state index is -4.79. The number of carbonyl (C=O) groups excluding carboxylic acids is 1. The van der Waals surface area contributed by atoms with Gasteiger partial charge in [-0.2, -0.15) is 13.2 Å². The molecule has 0 spiro atoms. The number of rotatable bonds is 15. The van der Waals surface area contributed by atoms with Gasteiger partial charge in [-0.3, -0.25) is 9.78 Å². The van der Waals surface area contributed by atoms with Gasteiger partial charge < -0.3 is 25.4 Å². The van der Waals surface area contributed by atoms with Crippen LogP contribution in [0.1, 0.15) is 59.8 Å². The van der Waals surface area contributed by atoms with Gasteiger partial charge in [0.2, 0.25) is 0 Å². The van der Waals surface area contributed by atoms with Crippen LogP contribution in [0.25, 0.3) is 0 Å². The van der Waals surface area contributed by atoms with Crippen molar-refractivity contribution in [2.45, 2.75) is 57.7 Å². The summed E-state index contributed by atoms with van der Waals surface area (Å²) < 4.78 is 45.3. The van der Waals surface area contributed by atoms with Crippen molar-refractivity contribution in [3.8, 4) is 0 Å². The van der Waals surface area contributed by atoms with Crippen LogP contribution in [0, 0.1) is 0 Å². The molecule has 9 nitrogen and oxygen atoms in total. The van der Waals surface area contributed by atoms with Gasteiger partial charge in [0.15, 0.2) is 0 Å². The molecule has 0 saturated carbocycles. The Hall–Kier alpha value is -3.25. The number of hydrogen-bond acceptors (Lipinski definition) is 7. The van der Waals surface area contributed by atoms with Gasteiger partial charge in [-0.25, -0.2) is 9.78 Å². The summed E-state index contributed by atoms with van der Waals surface area (Å²) in [6.07, 6.45) is 1.54. The predicted octanol–water partition coefficient (Wildman–Crippen LogP) is 3.79. The molecule has 0 fully saturated rings. The van der Waals surface area contributed by atoms with Crippen LogP contribution < -0.4 is 10.6 Å². The van der Waals surface area contributed by atoms with Crippen LogP contribution >= 0.6 is 0 Å². The van der Waals surface area contributed by atoms with E-state index in [1.807, 2.05) is 11.8 Å². The molecule has 0 aliphatic carbocycles. The maximum atomic E-state index is 13.3. The number of pyridine rings is 2. The molecule has 3 rings (SSSR count). The van der Waals surface area contributed by atoms with E-state index in [1.165, 1.54) is 5.56 Å². The number of halogens is 3. The average molecular weight is 552 g/mol. The second kappa shape index (κ2) is 14.8. The minimum absolute atomic E-state index is 0.0255. The number of fused-ring (bicyclic) bond motifs is 1. The predicted molar refractivity (Wildman–Crippen MR) is 140 cm³/mol. The number of aryl methyl sites for hydroxylation is 2. The first-order chi connectivity index (χ1) is 18.7. The van der Waals surface area contributed by atoms with Crippen molar-refractivity contribution in [3.05, 3.63) is 53.0 Å². The minimum Gasteiger partial charge on any atom is -0.480 e. The number of carbonyl (C=O) groups is 2. The number of alkyl halides is 3. The van der Waals surface area contributed by atoms with E-state index in [0.29, 0.717) is 39.0 Å². The highest BCUT2D eigenvalue weighted by atomic mass is 19.4. The molecule has 2 aromatic rings. The van der Waals surface area contributed by atoms with Crippen molar-refractivity contribution in [1.82, 2.24) is 20.2 Å². The SMILES string of the molecule is CCOCCN(CCCCc1ccc2c(n1)NCCC2)CC[C@H](NC(=O)c1ccncc1C(F)(F)F)C(=O)O. The number of aromatic nitrogens is 2. The summed E-state index contributed by atoms with van der Waals surface area (Å²) in [7, 11) is 0. The van der Waals surface area contributed by atoms with E-state index < -0.39 is 35.2 Å². The summed E-state index contributed by atoms with van der Waals surface area (Å²) >= 11 is 0. The highest BCUT2D eigenvalue weighted by molar-refractivity contribution is 5.97. The van der Waals surface area contributed by atoms with Crippen molar-refractivity contribution < 1.29 is 32.6 Å². The smallest absolute Gasteiger partial charge is 0.418 e. The number of carboxylic acids is 1. The molecule has 12 heteroatoms. The van der Waals surface area contributed by atoms with Gasteiger partial charge in [-0.15, -0.1) is 0 Å². The lowest BCUT2D eigenvalue weighted by Crippen LogP contribution is -2.44. The molecule has 1 aliphatic heterocycles. The largest absolute Gasteiger partial charge is 0.480 e. The second-order valence-corrected chi connectivity index (χ2v) is 9.41. The Balaban J connectivity index is 1.54. The molecule has 214 valence electrons. The van der Waals surface area contributed by atoms with Crippen LogP contribution in [0.4, 0.5) is 19.0 Å². The van der Waals surface area contributed by atoms with E-state index >= 15 is 0 Å². The zero-order valence-corrected chi connectivity index (χ0v) is 22.1. The van der Waals surface area contributed by atoms with Crippen molar-refractivity contribution in [1.29, 1.82) is 0 Å². The van der Waals surface area contributed by atoms with Gasteiger partial charge in [0.1, 0.15) is 11.9 Å². The van der Waals surface area contributed by atoms with E-state index in [0.717, 1.165) is 62.4 Å². The fraction of sp³-hybridized carbons (Fsp3) is 0.556. The van der Waals surface area contributed by atoms with E-state index in [2.05, 4.69) is 27.8 Å². The summed E-state index contributed by atoms with van der Waals surface area (Å²) in [4.78, 5) is 34.6. The number of unbranched alkanes of at least 4 members (excludes halogenated alkanes) is 1. The van der Waals surface area contributed by atoms with E-state index in [-0.39, 0.29) is 6.42 Å². The Bertz CT molecular complexity index is 1100. The van der Waals surface area contributed by atoms with Gasteiger partial charge in [-0.05, 0) is 69.7 Å². The number of carboxylic acid groups (broad SMARTS) is 1. The lowest BCUT2D eigenvalue weighted by Gasteiger charge is -2.24. The molecule has 1 atom stereocenters. The first-order valence-corrected chi connectivity index (χ1v) is 13.3. The van der Waals surface area contributed by atoms with E-state index in [4.69, 9.17) is 9.72 Å². The van der Waals surface area contributed by atoms with E-state index in [9.17, 15) is 27.9 Å². The highest BCUT2D eigenvalue weighted by Gasteiger charge is 2.36. The van der Waals surface area contributed by atoms with Crippen LogP contribution in [0.5, 0.6) is 0 Å². The van der Waals surface area contributed by atoms with Gasteiger partial charge in [0.25, 0.3) is 5.91 Å². The topological polar surface area (TPSA) is 117 Å². The number of anilines is 1. The Labute approximate surface area is 226 Å². The molecule has 0 saturated heterocycles. The van der Waals surface area contributed by atoms with Crippen molar-refractivity contribution in [2.75, 3.05) is 44.7 Å². The van der Waals surface area contributed by atoms with Gasteiger partial charge >= 0.3 is 12.1 Å². The molecule has 0 bridgehead atoms. The molecule has 39 heavy (non-hydrogen) atoms. The molecule has 1 aliphatic rings. The van der Waals surface area contributed by atoms with Crippen molar-refractivity contribution in [3.63, 3.8) is 0 Å². The Morgan fingerprint density at radius 3 is 2.77 bits per heavy atom. The second-order valence-electron chi connectivity index (χ2n) is 9.41. The number of hydrogen-bond donors (Lipinski definition) is 3. The van der Waals surface area contributed by atoms with Gasteiger partial charge in [0.05, 0.1) is 17.7 Å². The Morgan fingerprint density at radius 1 is 1.21 bits per heavy atom. The van der Waals surface area contributed by atoms with Gasteiger partial charge in [0, 0.05) is 44.3 Å². The summed E-state index contributed by atoms with van der Waals surface area (Å²) in [5, 5.41) is 15.2. The molecule has 3 heterocycles. The zero-order chi connectivity index (χ0) is 28.3. The lowest BCUT2D eigenvalue weighted by molar-refractivity contribution is -0.139. The third-order valence-electron chi connectivity index (χ3n) is 6.57. The van der Waals surface area contributed by atoms with Crippen LogP contribution in [0.15, 0.2) is 30.6 Å². The molecular formula is C27H36F3N5O4. The summed E-state index contributed by atoms with van der Waals surface area (Å²) in [5.41, 5.74) is 0.384. The number of amides is 1. The lowest BCUT2D eigenvalue weighted by atomic mass is 10.1. The molecule has 3 N–H and O–H groups in total. The molecule has 0 aromatic carbocycles. The van der Waals surface area contributed by atoms with E-state index in [1.54, 1.807) is 0 Å². The van der Waals surface area contributed by atoms with Crippen molar-refractivity contribution >= 4 is 17.7 Å². The van der Waals surface area contributed by atoms with Crippen LogP contribution in [0.3, 0.4) is 0 Å². The van der Waals surface area contributed by atoms with Gasteiger partial charge in [-0.1, -0.05) is 6.07 Å². The monoisotopic (exact) mass is 551 g/mol. The van der Waals surface area contributed by atoms with Crippen molar-refractivity contribution in [2.24, 2.45) is 0 Å². The first kappa shape index (κ1) is 30.3. The molecule has 2 aromatic heterocycles. The third kappa shape index (κ3) is 9.47. The zero-order valence-electron chi connectivity index (χ0n) is 22.1. The highest BCUT2D eigenvalue weighted by Crippen LogP contribution is 2.31. The maximum absolute atomic E-state index is 13.3. The molecule has 1 amide bonds. The fourth-order valence-corrected chi connectivity index (χ4v) is 4.45. The molecule has 0 radical (unpaired) electrons.